The number of rotatable bonds is 3. The number of benzene rings is 2. The van der Waals surface area contributed by atoms with Crippen molar-refractivity contribution in [2.24, 2.45) is 0 Å². The number of aromatic hydroxyl groups is 1. The predicted octanol–water partition coefficient (Wildman–Crippen LogP) is 3.19. The molecule has 1 N–H and O–H groups in total. The maximum Gasteiger partial charge on any atom is 0.193 e. The summed E-state index contributed by atoms with van der Waals surface area (Å²) in [6, 6.07) is 13.9. The molecule has 0 aliphatic heterocycles. The first-order chi connectivity index (χ1) is 8.20. The molecule has 86 valence electrons. The third-order valence-corrected chi connectivity index (χ3v) is 2.75. The highest BCUT2D eigenvalue weighted by Crippen LogP contribution is 2.14. The van der Waals surface area contributed by atoms with E-state index in [1.165, 1.54) is 17.7 Å². The van der Waals surface area contributed by atoms with E-state index in [1.54, 1.807) is 12.1 Å². The van der Waals surface area contributed by atoms with Crippen LogP contribution in [0.5, 0.6) is 5.75 Å². The van der Waals surface area contributed by atoms with Crippen LogP contribution < -0.4 is 0 Å². The summed E-state index contributed by atoms with van der Waals surface area (Å²) in [5, 5.41) is 9.17. The number of aryl methyl sites for hydroxylation is 1. The highest BCUT2D eigenvalue weighted by atomic mass is 16.3. The van der Waals surface area contributed by atoms with Gasteiger partial charge in [0.1, 0.15) is 5.75 Å². The van der Waals surface area contributed by atoms with Gasteiger partial charge in [0, 0.05) is 11.1 Å². The lowest BCUT2D eigenvalue weighted by Crippen LogP contribution is -2.00. The average Bonchev–Trinajstić information content (AvgIpc) is 2.39. The van der Waals surface area contributed by atoms with Gasteiger partial charge in [-0.3, -0.25) is 4.79 Å². The Labute approximate surface area is 101 Å². The van der Waals surface area contributed by atoms with Gasteiger partial charge < -0.3 is 5.11 Å². The van der Waals surface area contributed by atoms with Gasteiger partial charge in [0.25, 0.3) is 0 Å². The van der Waals surface area contributed by atoms with Gasteiger partial charge in [0.2, 0.25) is 0 Å². The van der Waals surface area contributed by atoms with E-state index in [1.807, 2.05) is 24.3 Å². The Hall–Kier alpha value is -2.09. The summed E-state index contributed by atoms with van der Waals surface area (Å²) in [5.41, 5.74) is 2.48. The maximum atomic E-state index is 12.1. The van der Waals surface area contributed by atoms with Crippen molar-refractivity contribution in [3.63, 3.8) is 0 Å². The van der Waals surface area contributed by atoms with E-state index in [2.05, 4.69) is 6.92 Å². The molecule has 0 saturated heterocycles. The van der Waals surface area contributed by atoms with E-state index in [-0.39, 0.29) is 11.5 Å². The van der Waals surface area contributed by atoms with Gasteiger partial charge in [-0.1, -0.05) is 31.2 Å². The lowest BCUT2D eigenvalue weighted by molar-refractivity contribution is 0.103. The molecule has 0 unspecified atom stereocenters. The van der Waals surface area contributed by atoms with Crippen molar-refractivity contribution in [3.05, 3.63) is 65.2 Å². The monoisotopic (exact) mass is 226 g/mol. The normalized spacial score (nSPS) is 10.2. The molecule has 2 rings (SSSR count). The van der Waals surface area contributed by atoms with Crippen molar-refractivity contribution in [3.8, 4) is 5.75 Å². The zero-order valence-electron chi connectivity index (χ0n) is 9.68. The quantitative estimate of drug-likeness (QED) is 0.816. The van der Waals surface area contributed by atoms with Crippen LogP contribution in [0, 0.1) is 0 Å². The average molecular weight is 226 g/mol. The summed E-state index contributed by atoms with van der Waals surface area (Å²) in [7, 11) is 0. The third-order valence-electron chi connectivity index (χ3n) is 2.75. The van der Waals surface area contributed by atoms with Crippen LogP contribution >= 0.6 is 0 Å². The van der Waals surface area contributed by atoms with Crippen molar-refractivity contribution in [2.45, 2.75) is 13.3 Å². The smallest absolute Gasteiger partial charge is 0.193 e. The van der Waals surface area contributed by atoms with Crippen LogP contribution in [-0.4, -0.2) is 10.9 Å². The predicted molar refractivity (Wildman–Crippen MR) is 67.4 cm³/mol. The van der Waals surface area contributed by atoms with Gasteiger partial charge in [-0.2, -0.15) is 0 Å². The molecule has 0 aliphatic rings. The summed E-state index contributed by atoms with van der Waals surface area (Å²) in [6.45, 7) is 2.08. The molecular weight excluding hydrogens is 212 g/mol. The van der Waals surface area contributed by atoms with Gasteiger partial charge in [0.15, 0.2) is 5.78 Å². The maximum absolute atomic E-state index is 12.1. The Morgan fingerprint density at radius 1 is 0.941 bits per heavy atom. The fraction of sp³-hybridized carbons (Fsp3) is 0.133. The van der Waals surface area contributed by atoms with E-state index in [9.17, 15) is 4.79 Å². The summed E-state index contributed by atoms with van der Waals surface area (Å²) >= 11 is 0. The third kappa shape index (κ3) is 2.53. The molecular formula is C15H14O2. The molecule has 17 heavy (non-hydrogen) atoms. The topological polar surface area (TPSA) is 37.3 Å². The molecule has 0 spiro atoms. The Balaban J connectivity index is 2.27. The van der Waals surface area contributed by atoms with Crippen molar-refractivity contribution in [2.75, 3.05) is 0 Å². The van der Waals surface area contributed by atoms with Crippen molar-refractivity contribution in [1.29, 1.82) is 0 Å². The molecule has 0 heterocycles. The van der Waals surface area contributed by atoms with E-state index >= 15 is 0 Å². The van der Waals surface area contributed by atoms with Crippen molar-refractivity contribution >= 4 is 5.78 Å². The van der Waals surface area contributed by atoms with Crippen LogP contribution in [0.15, 0.2) is 48.5 Å². The van der Waals surface area contributed by atoms with Crippen LogP contribution in [0.25, 0.3) is 0 Å². The number of hydrogen-bond donors (Lipinski definition) is 1. The first-order valence-electron chi connectivity index (χ1n) is 5.63. The minimum absolute atomic E-state index is 0.0207. The molecule has 0 fully saturated rings. The molecule has 0 amide bonds. The minimum Gasteiger partial charge on any atom is -0.508 e. The molecule has 0 aromatic heterocycles. The first kappa shape index (κ1) is 11.4. The fourth-order valence-corrected chi connectivity index (χ4v) is 1.67. The van der Waals surface area contributed by atoms with Crippen LogP contribution in [0.3, 0.4) is 0 Å². The zero-order valence-corrected chi connectivity index (χ0v) is 9.68. The molecule has 2 aromatic carbocycles. The molecule has 2 nitrogen and oxygen atoms in total. The van der Waals surface area contributed by atoms with Crippen LogP contribution in [0.2, 0.25) is 0 Å². The zero-order chi connectivity index (χ0) is 12.3. The van der Waals surface area contributed by atoms with Gasteiger partial charge in [-0.15, -0.1) is 0 Å². The lowest BCUT2D eigenvalue weighted by atomic mass is 10.0. The van der Waals surface area contributed by atoms with E-state index in [0.717, 1.165) is 6.42 Å². The van der Waals surface area contributed by atoms with Crippen LogP contribution in [-0.2, 0) is 6.42 Å². The SMILES string of the molecule is CCc1ccc(C(=O)c2ccc(O)cc2)cc1. The molecule has 0 saturated carbocycles. The van der Waals surface area contributed by atoms with E-state index in [4.69, 9.17) is 5.11 Å². The first-order valence-corrected chi connectivity index (χ1v) is 5.63. The molecule has 2 aromatic rings. The minimum atomic E-state index is -0.0207. The van der Waals surface area contributed by atoms with Crippen LogP contribution in [0.4, 0.5) is 0 Å². The number of carbonyl (C=O) groups excluding carboxylic acids is 1. The second kappa shape index (κ2) is 4.83. The highest BCUT2D eigenvalue weighted by molar-refractivity contribution is 6.09. The fourth-order valence-electron chi connectivity index (χ4n) is 1.67. The summed E-state index contributed by atoms with van der Waals surface area (Å²) < 4.78 is 0. The molecule has 0 aliphatic carbocycles. The highest BCUT2D eigenvalue weighted by Gasteiger charge is 2.08. The summed E-state index contributed by atoms with van der Waals surface area (Å²) in [6.07, 6.45) is 0.966. The second-order valence-corrected chi connectivity index (χ2v) is 3.93. The Kier molecular flexibility index (Phi) is 3.24. The lowest BCUT2D eigenvalue weighted by Gasteiger charge is -2.02. The Morgan fingerprint density at radius 2 is 1.41 bits per heavy atom. The molecule has 0 atom stereocenters. The summed E-state index contributed by atoms with van der Waals surface area (Å²) in [5.74, 6) is 0.149. The van der Waals surface area contributed by atoms with Gasteiger partial charge in [-0.05, 0) is 36.2 Å². The standard InChI is InChI=1S/C15H14O2/c1-2-11-3-5-12(6-4-11)15(17)13-7-9-14(16)10-8-13/h3-10,16H,2H2,1H3. The Morgan fingerprint density at radius 3 is 1.88 bits per heavy atom. The van der Waals surface area contributed by atoms with Crippen molar-refractivity contribution in [1.82, 2.24) is 0 Å². The van der Waals surface area contributed by atoms with Gasteiger partial charge in [0.05, 0.1) is 0 Å². The van der Waals surface area contributed by atoms with Crippen molar-refractivity contribution < 1.29 is 9.90 Å². The summed E-state index contributed by atoms with van der Waals surface area (Å²) in [4.78, 5) is 12.1. The number of hydrogen-bond acceptors (Lipinski definition) is 2. The molecule has 0 radical (unpaired) electrons. The molecule has 2 heteroatoms. The number of ketones is 1. The number of carbonyl (C=O) groups is 1. The van der Waals surface area contributed by atoms with Crippen LogP contribution in [0.1, 0.15) is 28.4 Å². The second-order valence-electron chi connectivity index (χ2n) is 3.93. The largest absolute Gasteiger partial charge is 0.508 e. The number of phenols is 1. The van der Waals surface area contributed by atoms with Gasteiger partial charge >= 0.3 is 0 Å². The number of phenolic OH excluding ortho intramolecular Hbond substituents is 1. The Bertz CT molecular complexity index is 510. The van der Waals surface area contributed by atoms with Gasteiger partial charge in [-0.25, -0.2) is 0 Å². The van der Waals surface area contributed by atoms with E-state index in [0.29, 0.717) is 11.1 Å². The molecule has 0 bridgehead atoms. The van der Waals surface area contributed by atoms with E-state index < -0.39 is 0 Å².